The number of anilines is 1. The molecule has 53 heavy (non-hydrogen) atoms. The van der Waals surface area contributed by atoms with E-state index in [4.69, 9.17) is 23.7 Å². The number of sulfonamides is 1. The van der Waals surface area contributed by atoms with Crippen LogP contribution in [0.4, 0.5) is 10.5 Å². The van der Waals surface area contributed by atoms with Gasteiger partial charge in [-0.1, -0.05) is 41.5 Å². The number of ether oxygens (including phenoxy) is 5. The molecule has 1 aliphatic heterocycles. The van der Waals surface area contributed by atoms with Crippen LogP contribution in [0, 0.1) is 5.41 Å². The quantitative estimate of drug-likeness (QED) is 0.189. The molecule has 1 heterocycles. The van der Waals surface area contributed by atoms with Gasteiger partial charge in [-0.3, -0.25) is 14.4 Å². The Labute approximate surface area is 311 Å². The summed E-state index contributed by atoms with van der Waals surface area (Å²) in [7, 11) is -2.13. The number of cyclic esters (lactones) is 1. The summed E-state index contributed by atoms with van der Waals surface area (Å²) < 4.78 is 54.5. The Morgan fingerprint density at radius 1 is 0.962 bits per heavy atom. The molecule has 0 bridgehead atoms. The number of hydrogen-bond donors (Lipinski definition) is 2. The minimum absolute atomic E-state index is 0.00975. The van der Waals surface area contributed by atoms with E-state index in [0.29, 0.717) is 16.4 Å². The van der Waals surface area contributed by atoms with Crippen molar-refractivity contribution in [1.82, 2.24) is 9.62 Å². The van der Waals surface area contributed by atoms with Crippen molar-refractivity contribution in [3.63, 3.8) is 0 Å². The van der Waals surface area contributed by atoms with Gasteiger partial charge in [-0.2, -0.15) is 0 Å². The van der Waals surface area contributed by atoms with Gasteiger partial charge in [-0.25, -0.2) is 27.6 Å². The predicted octanol–water partition coefficient (Wildman–Crippen LogP) is 4.61. The van der Waals surface area contributed by atoms with E-state index in [1.54, 1.807) is 53.9 Å². The van der Waals surface area contributed by atoms with E-state index < -0.39 is 68.9 Å². The van der Waals surface area contributed by atoms with Gasteiger partial charge in [0.1, 0.15) is 30.0 Å². The van der Waals surface area contributed by atoms with Crippen molar-refractivity contribution in [3.05, 3.63) is 47.5 Å². The van der Waals surface area contributed by atoms with E-state index in [9.17, 15) is 32.4 Å². The molecular weight excluding hydrogens is 710 g/mol. The molecule has 2 unspecified atom stereocenters. The van der Waals surface area contributed by atoms with Crippen LogP contribution in [0.5, 0.6) is 17.2 Å². The molecule has 16 heteroatoms. The Morgan fingerprint density at radius 2 is 1.60 bits per heavy atom. The summed E-state index contributed by atoms with van der Waals surface area (Å²) in [6.45, 7) is 16.2. The molecule has 2 aromatic carbocycles. The first-order chi connectivity index (χ1) is 24.2. The summed E-state index contributed by atoms with van der Waals surface area (Å²) in [6.07, 6.45) is -1.71. The molecule has 0 radical (unpaired) electrons. The van der Waals surface area contributed by atoms with E-state index in [1.807, 2.05) is 26.8 Å². The zero-order chi connectivity index (χ0) is 40.3. The fourth-order valence-corrected chi connectivity index (χ4v) is 5.59. The van der Waals surface area contributed by atoms with Crippen molar-refractivity contribution in [1.29, 1.82) is 0 Å². The maximum atomic E-state index is 13.8. The number of nitrogens with one attached hydrogen (secondary N) is 2. The van der Waals surface area contributed by atoms with Crippen LogP contribution < -0.4 is 24.2 Å². The third-order valence-corrected chi connectivity index (χ3v) is 8.56. The van der Waals surface area contributed by atoms with Gasteiger partial charge in [0.2, 0.25) is 10.0 Å². The minimum atomic E-state index is -3.67. The van der Waals surface area contributed by atoms with Crippen LogP contribution in [0.15, 0.2) is 36.4 Å². The monoisotopic (exact) mass is 761 g/mol. The molecule has 1 aliphatic rings. The first-order valence-electron chi connectivity index (χ1n) is 16.9. The van der Waals surface area contributed by atoms with Gasteiger partial charge in [-0.05, 0) is 69.5 Å². The van der Waals surface area contributed by atoms with Crippen LogP contribution in [-0.2, 0) is 39.3 Å². The zero-order valence-corrected chi connectivity index (χ0v) is 33.2. The Hall–Kier alpha value is -4.70. The highest BCUT2D eigenvalue weighted by Crippen LogP contribution is 2.35. The number of imide groups is 1. The molecule has 3 amide bonds. The predicted molar refractivity (Wildman–Crippen MR) is 196 cm³/mol. The van der Waals surface area contributed by atoms with Crippen LogP contribution >= 0.6 is 0 Å². The highest BCUT2D eigenvalue weighted by molar-refractivity contribution is 7.88. The second-order valence-electron chi connectivity index (χ2n) is 15.5. The lowest BCUT2D eigenvalue weighted by molar-refractivity contribution is -0.145. The Kier molecular flexibility index (Phi) is 13.0. The first-order valence-corrected chi connectivity index (χ1v) is 18.8. The fourth-order valence-electron chi connectivity index (χ4n) is 5.10. The number of amides is 3. The maximum absolute atomic E-state index is 13.8. The molecule has 0 aromatic heterocycles. The van der Waals surface area contributed by atoms with Gasteiger partial charge >= 0.3 is 12.1 Å². The lowest BCUT2D eigenvalue weighted by Gasteiger charge is -2.29. The molecule has 2 aromatic rings. The van der Waals surface area contributed by atoms with Gasteiger partial charge < -0.3 is 29.0 Å². The third kappa shape index (κ3) is 11.2. The van der Waals surface area contributed by atoms with E-state index in [-0.39, 0.29) is 35.6 Å². The summed E-state index contributed by atoms with van der Waals surface area (Å²) in [5.74, 6) is -2.33. The van der Waals surface area contributed by atoms with E-state index >= 15 is 0 Å². The van der Waals surface area contributed by atoms with E-state index in [1.165, 1.54) is 32.0 Å². The molecule has 15 nitrogen and oxygen atoms in total. The molecule has 1 saturated heterocycles. The van der Waals surface area contributed by atoms with Crippen molar-refractivity contribution in [3.8, 4) is 17.2 Å². The minimum Gasteiger partial charge on any atom is -0.497 e. The lowest BCUT2D eigenvalue weighted by Crippen LogP contribution is -2.55. The smallest absolute Gasteiger partial charge is 0.418 e. The molecule has 292 valence electrons. The molecule has 0 aliphatic carbocycles. The third-order valence-electron chi connectivity index (χ3n) is 7.87. The Bertz CT molecular complexity index is 1840. The van der Waals surface area contributed by atoms with Crippen molar-refractivity contribution >= 4 is 45.4 Å². The number of carbonyl (C=O) groups excluding carboxylic acids is 5. The number of nitrogens with zero attached hydrogens (tertiary/aromatic N) is 1. The summed E-state index contributed by atoms with van der Waals surface area (Å²) in [6, 6.07) is 7.36. The highest BCUT2D eigenvalue weighted by atomic mass is 32.2. The number of methoxy groups -OCH3 is 1. The van der Waals surface area contributed by atoms with Crippen molar-refractivity contribution in [2.75, 3.05) is 31.8 Å². The van der Waals surface area contributed by atoms with Gasteiger partial charge in [0.15, 0.2) is 17.4 Å². The van der Waals surface area contributed by atoms with Gasteiger partial charge in [0.25, 0.3) is 11.8 Å². The molecular formula is C37H51N3O12S. The Balaban J connectivity index is 1.93. The SMILES string of the molecule is COc1ccc(OCC(CNS(C)(=O)=O)OC(=O)c2ccc(NC(=O)C(C(=O)C(C)(C)C)N3C(=O)OC(C)(C)C3=O)c(OC(C)C)c2)c(C(C)(C)C)c1. The number of rotatable bonds is 15. The van der Waals surface area contributed by atoms with Gasteiger partial charge in [-0.15, -0.1) is 0 Å². The number of ketones is 1. The zero-order valence-electron chi connectivity index (χ0n) is 32.4. The van der Waals surface area contributed by atoms with E-state index in [2.05, 4.69) is 10.0 Å². The van der Waals surface area contributed by atoms with Crippen molar-refractivity contribution in [2.24, 2.45) is 5.41 Å². The maximum Gasteiger partial charge on any atom is 0.418 e. The average Bonchev–Trinajstić information content (AvgIpc) is 3.22. The van der Waals surface area contributed by atoms with Crippen LogP contribution in [0.1, 0.15) is 85.2 Å². The number of hydrogen-bond acceptors (Lipinski definition) is 12. The molecule has 0 saturated carbocycles. The number of carbonyl (C=O) groups is 5. The first kappa shape index (κ1) is 42.7. The normalized spacial score (nSPS) is 15.8. The highest BCUT2D eigenvalue weighted by Gasteiger charge is 2.55. The number of Topliss-reactive ketones (excluding diaryl/α,β-unsaturated/α-hetero) is 1. The molecule has 2 N–H and O–H groups in total. The number of esters is 1. The molecule has 2 atom stereocenters. The summed E-state index contributed by atoms with van der Waals surface area (Å²) >= 11 is 0. The van der Waals surface area contributed by atoms with Gasteiger partial charge in [0, 0.05) is 11.0 Å². The van der Waals surface area contributed by atoms with Crippen LogP contribution in [0.2, 0.25) is 0 Å². The van der Waals surface area contributed by atoms with Crippen molar-refractivity contribution < 1.29 is 56.1 Å². The molecule has 1 fully saturated rings. The summed E-state index contributed by atoms with van der Waals surface area (Å²) in [4.78, 5) is 67.3. The van der Waals surface area contributed by atoms with Crippen LogP contribution in [0.3, 0.4) is 0 Å². The average molecular weight is 762 g/mol. The van der Waals surface area contributed by atoms with Crippen LogP contribution in [0.25, 0.3) is 0 Å². The van der Waals surface area contributed by atoms with Crippen LogP contribution in [-0.4, -0.2) is 93.3 Å². The summed E-state index contributed by atoms with van der Waals surface area (Å²) in [5.41, 5.74) is -2.27. The van der Waals surface area contributed by atoms with E-state index in [0.717, 1.165) is 11.8 Å². The fraction of sp³-hybridized carbons (Fsp3) is 0.541. The molecule has 0 spiro atoms. The second kappa shape index (κ2) is 16.1. The topological polar surface area (TPSA) is 193 Å². The molecule has 3 rings (SSSR count). The van der Waals surface area contributed by atoms with Gasteiger partial charge in [0.05, 0.1) is 37.3 Å². The van der Waals surface area contributed by atoms with Crippen molar-refractivity contribution in [2.45, 2.75) is 98.5 Å². The lowest BCUT2D eigenvalue weighted by atomic mass is 9.85. The summed E-state index contributed by atoms with van der Waals surface area (Å²) in [5, 5.41) is 2.58. The largest absolute Gasteiger partial charge is 0.497 e. The standard InChI is InChI=1S/C37H51N3O12S/c1-21(2)50-28-17-22(13-15-26(28)39-31(42)29(30(41)36(6,7)8)40-33(44)37(9,10)52-34(40)45)32(43)51-24(19-38-53(12,46)47)20-49-27-16-14-23(48-11)18-25(27)35(3,4)5/h13-18,21,24,29,38H,19-20H2,1-12H3,(H,39,42). The second-order valence-corrected chi connectivity index (χ2v) is 17.3. The Morgan fingerprint density at radius 3 is 2.11 bits per heavy atom. The number of benzene rings is 2.